The van der Waals surface area contributed by atoms with Crippen LogP contribution >= 0.6 is 23.1 Å². The summed E-state index contributed by atoms with van der Waals surface area (Å²) in [6, 6.07) is -0.199. The van der Waals surface area contributed by atoms with Crippen LogP contribution in [0.25, 0.3) is 0 Å². The minimum atomic E-state index is -0.380. The summed E-state index contributed by atoms with van der Waals surface area (Å²) in [4.78, 5) is 27.8. The van der Waals surface area contributed by atoms with Gasteiger partial charge in [-0.1, -0.05) is 31.5 Å². The number of aromatic nitrogens is 1. The quantitative estimate of drug-likeness (QED) is 0.834. The van der Waals surface area contributed by atoms with Crippen molar-refractivity contribution in [3.63, 3.8) is 0 Å². The molecule has 7 heteroatoms. The van der Waals surface area contributed by atoms with Gasteiger partial charge in [0, 0.05) is 17.1 Å². The van der Waals surface area contributed by atoms with Gasteiger partial charge in [0.1, 0.15) is 0 Å². The minimum Gasteiger partial charge on any atom is -0.335 e. The Morgan fingerprint density at radius 3 is 2.86 bits per heavy atom. The van der Waals surface area contributed by atoms with Crippen molar-refractivity contribution in [2.75, 3.05) is 5.75 Å². The Labute approximate surface area is 133 Å². The Balaban J connectivity index is 1.70. The average molecular weight is 327 g/mol. The minimum absolute atomic E-state index is 0.181. The highest BCUT2D eigenvalue weighted by molar-refractivity contribution is 8.01. The van der Waals surface area contributed by atoms with Gasteiger partial charge in [-0.15, -0.1) is 11.3 Å². The first-order valence-corrected chi connectivity index (χ1v) is 9.06. The van der Waals surface area contributed by atoms with Gasteiger partial charge in [0.15, 0.2) is 4.34 Å². The van der Waals surface area contributed by atoms with E-state index in [4.69, 9.17) is 0 Å². The molecule has 1 fully saturated rings. The van der Waals surface area contributed by atoms with E-state index in [9.17, 15) is 9.59 Å². The molecule has 21 heavy (non-hydrogen) atoms. The highest BCUT2D eigenvalue weighted by atomic mass is 32.2. The van der Waals surface area contributed by atoms with Crippen molar-refractivity contribution < 1.29 is 9.59 Å². The summed E-state index contributed by atoms with van der Waals surface area (Å²) >= 11 is 2.86. The molecule has 1 aliphatic carbocycles. The van der Waals surface area contributed by atoms with Crippen LogP contribution in [0.5, 0.6) is 0 Å². The van der Waals surface area contributed by atoms with Crippen LogP contribution in [0.4, 0.5) is 4.79 Å². The van der Waals surface area contributed by atoms with Gasteiger partial charge in [0.2, 0.25) is 5.91 Å². The zero-order valence-corrected chi connectivity index (χ0v) is 14.0. The average Bonchev–Trinajstić information content (AvgIpc) is 2.85. The Bertz CT molecular complexity index is 504. The molecule has 0 unspecified atom stereocenters. The normalized spacial score (nSPS) is 21.8. The number of hydrogen-bond acceptors (Lipinski definition) is 5. The molecule has 116 valence electrons. The summed E-state index contributed by atoms with van der Waals surface area (Å²) in [5.41, 5.74) is 0.951. The molecule has 2 atom stereocenters. The number of nitrogens with one attached hydrogen (secondary N) is 2. The third-order valence-corrected chi connectivity index (χ3v) is 5.74. The van der Waals surface area contributed by atoms with E-state index in [-0.39, 0.29) is 23.7 Å². The zero-order chi connectivity index (χ0) is 15.2. The topological polar surface area (TPSA) is 71.1 Å². The maximum absolute atomic E-state index is 11.8. The van der Waals surface area contributed by atoms with Gasteiger partial charge in [-0.3, -0.25) is 10.1 Å². The monoisotopic (exact) mass is 327 g/mol. The van der Waals surface area contributed by atoms with Crippen molar-refractivity contribution in [2.24, 2.45) is 5.92 Å². The molecule has 2 N–H and O–H groups in total. The summed E-state index contributed by atoms with van der Waals surface area (Å²) in [5, 5.41) is 7.24. The standard InChI is InChI=1S/C14H21N3O2S2/c1-9-5-3-4-6-11(9)16-13(19)17-12(18)8-21-14-15-10(2)7-20-14/h7,9,11H,3-6,8H2,1-2H3,(H2,16,17,18,19)/t9-,11+/m1/s1. The number of nitrogens with zero attached hydrogens (tertiary/aromatic N) is 1. The molecule has 0 radical (unpaired) electrons. The third-order valence-electron chi connectivity index (χ3n) is 3.61. The predicted octanol–water partition coefficient (Wildman–Crippen LogP) is 2.95. The summed E-state index contributed by atoms with van der Waals surface area (Å²) in [6.45, 7) is 4.06. The van der Waals surface area contributed by atoms with Crippen LogP contribution in [0, 0.1) is 12.8 Å². The van der Waals surface area contributed by atoms with E-state index < -0.39 is 0 Å². The Morgan fingerprint density at radius 1 is 1.43 bits per heavy atom. The van der Waals surface area contributed by atoms with E-state index in [1.54, 1.807) is 0 Å². The maximum Gasteiger partial charge on any atom is 0.321 e. The van der Waals surface area contributed by atoms with Crippen LogP contribution in [-0.4, -0.2) is 28.7 Å². The van der Waals surface area contributed by atoms with Crippen molar-refractivity contribution in [1.82, 2.24) is 15.6 Å². The van der Waals surface area contributed by atoms with E-state index in [0.29, 0.717) is 5.92 Å². The van der Waals surface area contributed by atoms with Gasteiger partial charge in [-0.2, -0.15) is 0 Å². The smallest absolute Gasteiger partial charge is 0.321 e. The van der Waals surface area contributed by atoms with Crippen LogP contribution < -0.4 is 10.6 Å². The lowest BCUT2D eigenvalue weighted by Gasteiger charge is -2.29. The highest BCUT2D eigenvalue weighted by Gasteiger charge is 2.23. The van der Waals surface area contributed by atoms with Gasteiger partial charge in [-0.25, -0.2) is 9.78 Å². The van der Waals surface area contributed by atoms with Gasteiger partial charge < -0.3 is 5.32 Å². The van der Waals surface area contributed by atoms with Crippen LogP contribution in [0.3, 0.4) is 0 Å². The lowest BCUT2D eigenvalue weighted by Crippen LogP contribution is -2.48. The fourth-order valence-electron chi connectivity index (χ4n) is 2.42. The second-order valence-electron chi connectivity index (χ2n) is 5.43. The van der Waals surface area contributed by atoms with Crippen LogP contribution in [0.2, 0.25) is 0 Å². The second kappa shape index (κ2) is 7.79. The zero-order valence-electron chi connectivity index (χ0n) is 12.3. The summed E-state index contributed by atoms with van der Waals surface area (Å²) in [6.07, 6.45) is 4.50. The molecule has 0 spiro atoms. The van der Waals surface area contributed by atoms with Gasteiger partial charge in [0.25, 0.3) is 0 Å². The summed E-state index contributed by atoms with van der Waals surface area (Å²) in [5.74, 6) is 0.404. The fourth-order valence-corrected chi connectivity index (χ4v) is 4.07. The lowest BCUT2D eigenvalue weighted by atomic mass is 9.86. The number of imide groups is 1. The van der Waals surface area contributed by atoms with E-state index in [1.165, 1.54) is 29.5 Å². The first-order valence-electron chi connectivity index (χ1n) is 7.20. The molecule has 1 heterocycles. The number of hydrogen-bond donors (Lipinski definition) is 2. The van der Waals surface area contributed by atoms with Crippen molar-refractivity contribution >= 4 is 35.0 Å². The number of carbonyl (C=O) groups excluding carboxylic acids is 2. The second-order valence-corrected chi connectivity index (χ2v) is 7.51. The fraction of sp³-hybridized carbons (Fsp3) is 0.643. The number of thioether (sulfide) groups is 1. The van der Waals surface area contributed by atoms with E-state index in [2.05, 4.69) is 22.5 Å². The number of carbonyl (C=O) groups is 2. The number of thiazole rings is 1. The van der Waals surface area contributed by atoms with E-state index in [0.717, 1.165) is 29.3 Å². The molecule has 3 amide bonds. The molecule has 0 aromatic carbocycles. The summed E-state index contributed by atoms with van der Waals surface area (Å²) in [7, 11) is 0. The van der Waals surface area contributed by atoms with E-state index in [1.807, 2.05) is 12.3 Å². The first kappa shape index (κ1) is 16.3. The highest BCUT2D eigenvalue weighted by Crippen LogP contribution is 2.24. The first-order chi connectivity index (χ1) is 10.0. The van der Waals surface area contributed by atoms with Gasteiger partial charge in [-0.05, 0) is 25.7 Å². The predicted molar refractivity (Wildman–Crippen MR) is 85.7 cm³/mol. The van der Waals surface area contributed by atoms with Crippen molar-refractivity contribution in [3.05, 3.63) is 11.1 Å². The van der Waals surface area contributed by atoms with Gasteiger partial charge >= 0.3 is 6.03 Å². The molecule has 2 rings (SSSR count). The molecule has 1 aromatic rings. The molecule has 1 saturated carbocycles. The Morgan fingerprint density at radius 2 is 2.19 bits per heavy atom. The Kier molecular flexibility index (Phi) is 6.05. The Hall–Kier alpha value is -1.08. The van der Waals surface area contributed by atoms with Crippen molar-refractivity contribution in [3.8, 4) is 0 Å². The van der Waals surface area contributed by atoms with Crippen molar-refractivity contribution in [1.29, 1.82) is 0 Å². The number of aryl methyl sites for hydroxylation is 1. The third kappa shape index (κ3) is 5.32. The van der Waals surface area contributed by atoms with Gasteiger partial charge in [0.05, 0.1) is 5.75 Å². The molecular weight excluding hydrogens is 306 g/mol. The van der Waals surface area contributed by atoms with Crippen LogP contribution in [0.1, 0.15) is 38.3 Å². The SMILES string of the molecule is Cc1csc(SCC(=O)NC(=O)N[C@H]2CCCC[C@H]2C)n1. The largest absolute Gasteiger partial charge is 0.335 e. The molecule has 0 bridgehead atoms. The molecular formula is C14H21N3O2S2. The molecule has 0 saturated heterocycles. The number of urea groups is 1. The molecule has 1 aromatic heterocycles. The molecule has 1 aliphatic rings. The molecule has 5 nitrogen and oxygen atoms in total. The van der Waals surface area contributed by atoms with Crippen LogP contribution in [-0.2, 0) is 4.79 Å². The van der Waals surface area contributed by atoms with Crippen LogP contribution in [0.15, 0.2) is 9.72 Å². The summed E-state index contributed by atoms with van der Waals surface area (Å²) < 4.78 is 0.851. The lowest BCUT2D eigenvalue weighted by molar-refractivity contribution is -0.117. The maximum atomic E-state index is 11.8. The van der Waals surface area contributed by atoms with Crippen molar-refractivity contribution in [2.45, 2.75) is 49.9 Å². The van der Waals surface area contributed by atoms with E-state index >= 15 is 0 Å². The molecule has 0 aliphatic heterocycles. The number of rotatable bonds is 4. The number of amides is 3.